The zero-order valence-electron chi connectivity index (χ0n) is 12.7. The molecular formula is C16H29N3. The SMILES string of the molecule is CCCNC(c1ccnn1CC)C1CCC(C)CC1. The predicted octanol–water partition coefficient (Wildman–Crippen LogP) is 3.77. The maximum Gasteiger partial charge on any atom is 0.0556 e. The molecule has 1 N–H and O–H groups in total. The Kier molecular flexibility index (Phi) is 5.44. The summed E-state index contributed by atoms with van der Waals surface area (Å²) < 4.78 is 2.16. The van der Waals surface area contributed by atoms with Crippen LogP contribution < -0.4 is 5.32 Å². The van der Waals surface area contributed by atoms with Crippen LogP contribution >= 0.6 is 0 Å². The topological polar surface area (TPSA) is 29.9 Å². The lowest BCUT2D eigenvalue weighted by molar-refractivity contribution is 0.224. The third kappa shape index (κ3) is 3.59. The summed E-state index contributed by atoms with van der Waals surface area (Å²) >= 11 is 0. The van der Waals surface area contributed by atoms with Gasteiger partial charge in [0.05, 0.1) is 11.7 Å². The Balaban J connectivity index is 2.11. The van der Waals surface area contributed by atoms with Crippen LogP contribution in [-0.2, 0) is 6.54 Å². The summed E-state index contributed by atoms with van der Waals surface area (Å²) in [4.78, 5) is 0. The molecule has 0 spiro atoms. The molecule has 1 saturated carbocycles. The van der Waals surface area contributed by atoms with Crippen LogP contribution in [0, 0.1) is 11.8 Å². The number of nitrogens with one attached hydrogen (secondary N) is 1. The number of hydrogen-bond acceptors (Lipinski definition) is 2. The highest BCUT2D eigenvalue weighted by Crippen LogP contribution is 2.36. The van der Waals surface area contributed by atoms with Crippen LogP contribution in [-0.4, -0.2) is 16.3 Å². The van der Waals surface area contributed by atoms with Gasteiger partial charge in [0.15, 0.2) is 0 Å². The Labute approximate surface area is 117 Å². The lowest BCUT2D eigenvalue weighted by Gasteiger charge is -2.33. The van der Waals surface area contributed by atoms with Crippen molar-refractivity contribution in [1.82, 2.24) is 15.1 Å². The van der Waals surface area contributed by atoms with E-state index in [1.807, 2.05) is 6.20 Å². The van der Waals surface area contributed by atoms with Crippen molar-refractivity contribution in [2.45, 2.75) is 65.5 Å². The normalized spacial score (nSPS) is 25.4. The molecule has 1 fully saturated rings. The third-order valence-corrected chi connectivity index (χ3v) is 4.51. The van der Waals surface area contributed by atoms with Gasteiger partial charge in [-0.15, -0.1) is 0 Å². The van der Waals surface area contributed by atoms with Gasteiger partial charge >= 0.3 is 0 Å². The molecule has 1 aliphatic rings. The van der Waals surface area contributed by atoms with Crippen molar-refractivity contribution in [3.8, 4) is 0 Å². The maximum absolute atomic E-state index is 4.45. The summed E-state index contributed by atoms with van der Waals surface area (Å²) in [5, 5.41) is 8.22. The van der Waals surface area contributed by atoms with Crippen molar-refractivity contribution in [1.29, 1.82) is 0 Å². The van der Waals surface area contributed by atoms with Crippen molar-refractivity contribution in [2.75, 3.05) is 6.54 Å². The predicted molar refractivity (Wildman–Crippen MR) is 80.1 cm³/mol. The lowest BCUT2D eigenvalue weighted by Crippen LogP contribution is -2.33. The van der Waals surface area contributed by atoms with Gasteiger partial charge < -0.3 is 5.32 Å². The number of rotatable bonds is 6. The van der Waals surface area contributed by atoms with Gasteiger partial charge in [0.25, 0.3) is 0 Å². The first-order chi connectivity index (χ1) is 9.26. The molecule has 1 aromatic rings. The van der Waals surface area contributed by atoms with Gasteiger partial charge in [-0.05, 0) is 50.6 Å². The second kappa shape index (κ2) is 7.09. The molecule has 0 aromatic carbocycles. The second-order valence-corrected chi connectivity index (χ2v) is 6.02. The zero-order valence-corrected chi connectivity index (χ0v) is 12.7. The van der Waals surface area contributed by atoms with Crippen molar-refractivity contribution in [3.63, 3.8) is 0 Å². The van der Waals surface area contributed by atoms with Crippen molar-refractivity contribution < 1.29 is 0 Å². The van der Waals surface area contributed by atoms with Gasteiger partial charge in [0.1, 0.15) is 0 Å². The zero-order chi connectivity index (χ0) is 13.7. The Morgan fingerprint density at radius 2 is 2.05 bits per heavy atom. The van der Waals surface area contributed by atoms with Crippen LogP contribution in [0.15, 0.2) is 12.3 Å². The number of nitrogens with zero attached hydrogens (tertiary/aromatic N) is 2. The molecule has 0 radical (unpaired) electrons. The van der Waals surface area contributed by atoms with Crippen LogP contribution in [0.2, 0.25) is 0 Å². The third-order valence-electron chi connectivity index (χ3n) is 4.51. The summed E-state index contributed by atoms with van der Waals surface area (Å²) in [5.74, 6) is 1.70. The smallest absolute Gasteiger partial charge is 0.0556 e. The minimum absolute atomic E-state index is 0.495. The van der Waals surface area contributed by atoms with Gasteiger partial charge in [-0.1, -0.05) is 26.7 Å². The largest absolute Gasteiger partial charge is 0.308 e. The van der Waals surface area contributed by atoms with Gasteiger partial charge in [-0.2, -0.15) is 5.10 Å². The van der Waals surface area contributed by atoms with E-state index in [1.54, 1.807) is 0 Å². The number of aromatic nitrogens is 2. The number of hydrogen-bond donors (Lipinski definition) is 1. The fourth-order valence-corrected chi connectivity index (χ4v) is 3.30. The molecule has 0 bridgehead atoms. The van der Waals surface area contributed by atoms with Gasteiger partial charge in [0, 0.05) is 12.7 Å². The van der Waals surface area contributed by atoms with E-state index in [1.165, 1.54) is 37.8 Å². The average molecular weight is 263 g/mol. The van der Waals surface area contributed by atoms with Crippen LogP contribution in [0.4, 0.5) is 0 Å². The summed E-state index contributed by atoms with van der Waals surface area (Å²) in [5.41, 5.74) is 1.38. The Bertz CT molecular complexity index is 364. The second-order valence-electron chi connectivity index (χ2n) is 6.02. The fourth-order valence-electron chi connectivity index (χ4n) is 3.30. The van der Waals surface area contributed by atoms with Crippen molar-refractivity contribution >= 4 is 0 Å². The molecule has 1 aromatic heterocycles. The molecule has 0 saturated heterocycles. The van der Waals surface area contributed by atoms with Crippen molar-refractivity contribution in [2.24, 2.45) is 11.8 Å². The van der Waals surface area contributed by atoms with Crippen LogP contribution in [0.1, 0.15) is 64.6 Å². The molecule has 3 heteroatoms. The first kappa shape index (κ1) is 14.6. The highest BCUT2D eigenvalue weighted by atomic mass is 15.3. The van der Waals surface area contributed by atoms with Crippen molar-refractivity contribution in [3.05, 3.63) is 18.0 Å². The Morgan fingerprint density at radius 3 is 2.68 bits per heavy atom. The molecule has 1 atom stereocenters. The maximum atomic E-state index is 4.45. The molecule has 2 rings (SSSR count). The first-order valence-corrected chi connectivity index (χ1v) is 8.01. The molecule has 0 amide bonds. The van der Waals surface area contributed by atoms with Gasteiger partial charge in [0.2, 0.25) is 0 Å². The molecule has 108 valence electrons. The molecule has 0 aliphatic heterocycles. The minimum atomic E-state index is 0.495. The van der Waals surface area contributed by atoms with E-state index in [9.17, 15) is 0 Å². The lowest BCUT2D eigenvalue weighted by atomic mass is 9.78. The van der Waals surface area contributed by atoms with Crippen LogP contribution in [0.3, 0.4) is 0 Å². The highest BCUT2D eigenvalue weighted by molar-refractivity contribution is 5.09. The highest BCUT2D eigenvalue weighted by Gasteiger charge is 2.28. The summed E-state index contributed by atoms with van der Waals surface area (Å²) in [6.07, 6.45) is 8.63. The van der Waals surface area contributed by atoms with Crippen LogP contribution in [0.25, 0.3) is 0 Å². The molecule has 1 heterocycles. The fraction of sp³-hybridized carbons (Fsp3) is 0.812. The van der Waals surface area contributed by atoms with E-state index in [0.29, 0.717) is 6.04 Å². The minimum Gasteiger partial charge on any atom is -0.308 e. The molecule has 1 aliphatic carbocycles. The standard InChI is InChI=1S/C16H29N3/c1-4-11-17-16(14-8-6-13(3)7-9-14)15-10-12-18-19(15)5-2/h10,12-14,16-17H,4-9,11H2,1-3H3. The van der Waals surface area contributed by atoms with E-state index in [0.717, 1.165) is 24.9 Å². The quantitative estimate of drug-likeness (QED) is 0.846. The van der Waals surface area contributed by atoms with E-state index < -0.39 is 0 Å². The average Bonchev–Trinajstić information content (AvgIpc) is 2.89. The van der Waals surface area contributed by atoms with Crippen LogP contribution in [0.5, 0.6) is 0 Å². The van der Waals surface area contributed by atoms with Gasteiger partial charge in [-0.3, -0.25) is 4.68 Å². The van der Waals surface area contributed by atoms with E-state index >= 15 is 0 Å². The number of aryl methyl sites for hydroxylation is 1. The first-order valence-electron chi connectivity index (χ1n) is 8.01. The molecule has 1 unspecified atom stereocenters. The van der Waals surface area contributed by atoms with E-state index in [2.05, 4.69) is 41.9 Å². The van der Waals surface area contributed by atoms with E-state index in [4.69, 9.17) is 0 Å². The van der Waals surface area contributed by atoms with E-state index in [-0.39, 0.29) is 0 Å². The Morgan fingerprint density at radius 1 is 1.32 bits per heavy atom. The summed E-state index contributed by atoms with van der Waals surface area (Å²) in [6.45, 7) is 8.88. The summed E-state index contributed by atoms with van der Waals surface area (Å²) in [6, 6.07) is 2.70. The molecule has 19 heavy (non-hydrogen) atoms. The molecular weight excluding hydrogens is 234 g/mol. The van der Waals surface area contributed by atoms with Gasteiger partial charge in [-0.25, -0.2) is 0 Å². The summed E-state index contributed by atoms with van der Waals surface area (Å²) in [7, 11) is 0. The monoisotopic (exact) mass is 263 g/mol. The molecule has 3 nitrogen and oxygen atoms in total. The Hall–Kier alpha value is -0.830.